The van der Waals surface area contributed by atoms with Crippen molar-refractivity contribution in [1.29, 1.82) is 0 Å². The predicted octanol–water partition coefficient (Wildman–Crippen LogP) is 2.52. The van der Waals surface area contributed by atoms with E-state index in [2.05, 4.69) is 0 Å². The van der Waals surface area contributed by atoms with Crippen molar-refractivity contribution in [3.05, 3.63) is 0 Å². The van der Waals surface area contributed by atoms with Gasteiger partial charge < -0.3 is 0 Å². The summed E-state index contributed by atoms with van der Waals surface area (Å²) in [6, 6.07) is 0. The van der Waals surface area contributed by atoms with Crippen LogP contribution >= 0.6 is 0 Å². The van der Waals surface area contributed by atoms with Gasteiger partial charge in [0.1, 0.15) is 0 Å². The second-order valence-corrected chi connectivity index (χ2v) is 2.66. The van der Waals surface area contributed by atoms with Gasteiger partial charge in [0.2, 0.25) is 0 Å². The molecular formula is CuF6. The van der Waals surface area contributed by atoms with Crippen molar-refractivity contribution in [1.82, 2.24) is 0 Å². The van der Waals surface area contributed by atoms with Crippen molar-refractivity contribution in [2.75, 3.05) is 0 Å². The molecule has 0 heterocycles. The van der Waals surface area contributed by atoms with Crippen LogP contribution in [-0.4, -0.2) is 0 Å². The zero-order chi connectivity index (χ0) is 6.41. The van der Waals surface area contributed by atoms with Crippen molar-refractivity contribution >= 4 is 0 Å². The molecule has 0 bridgehead atoms. The number of rotatable bonds is 0. The Morgan fingerprint density at radius 2 is 0.571 bits per heavy atom. The molecule has 0 unspecified atom stereocenters. The van der Waals surface area contributed by atoms with E-state index in [-0.39, 0.29) is 0 Å². The second kappa shape index (κ2) is 0.696. The SMILES string of the molecule is [F][Cu]([F])([F])([F])([F])[F]. The molecule has 0 radical (unpaired) electrons. The number of halogens is 6. The van der Waals surface area contributed by atoms with E-state index in [1.54, 1.807) is 0 Å². The summed E-state index contributed by atoms with van der Waals surface area (Å²) < 4.78 is 59.1. The fraction of sp³-hybridized carbons (Fsp3) is 0. The van der Waals surface area contributed by atoms with Crippen LogP contribution in [0, 0.1) is 0 Å². The Bertz CT molecular complexity index is 62.7. The Balaban J connectivity index is 4.43. The summed E-state index contributed by atoms with van der Waals surface area (Å²) in [5.74, 6) is 0. The summed E-state index contributed by atoms with van der Waals surface area (Å²) in [5.41, 5.74) is 0. The molecule has 0 rings (SSSR count). The van der Waals surface area contributed by atoms with Gasteiger partial charge in [-0.1, -0.05) is 0 Å². The standard InChI is InChI=1S/Cu.6FH/h;6*1H/q+6;;;;;;/p-6. The van der Waals surface area contributed by atoms with Crippen molar-refractivity contribution in [3.63, 3.8) is 0 Å². The van der Waals surface area contributed by atoms with E-state index >= 15 is 0 Å². The molecule has 7 heavy (non-hydrogen) atoms. The van der Waals surface area contributed by atoms with E-state index in [0.29, 0.717) is 0 Å². The van der Waals surface area contributed by atoms with E-state index in [0.717, 1.165) is 0 Å². The van der Waals surface area contributed by atoms with E-state index < -0.39 is 13.5 Å². The summed E-state index contributed by atoms with van der Waals surface area (Å²) in [5, 5.41) is 0. The van der Waals surface area contributed by atoms with Gasteiger partial charge in [-0.3, -0.25) is 0 Å². The third kappa shape index (κ3) is 10400. The Labute approximate surface area is 35.8 Å². The topological polar surface area (TPSA) is 0 Å². The van der Waals surface area contributed by atoms with Crippen LogP contribution in [-0.2, 0) is 13.5 Å². The quantitative estimate of drug-likeness (QED) is 0.394. The van der Waals surface area contributed by atoms with Crippen LogP contribution in [0.5, 0.6) is 0 Å². The first-order valence-electron chi connectivity index (χ1n) is 0.684. The fourth-order valence-corrected chi connectivity index (χ4v) is 0. The van der Waals surface area contributed by atoms with Gasteiger partial charge in [0.15, 0.2) is 0 Å². The van der Waals surface area contributed by atoms with Crippen molar-refractivity contribution in [2.45, 2.75) is 0 Å². The number of hydrogen-bond donors (Lipinski definition) is 0. The van der Waals surface area contributed by atoms with Crippen molar-refractivity contribution in [2.24, 2.45) is 0 Å². The number of hydrogen-bond acceptors (Lipinski definition) is 0. The molecule has 7 heteroatoms. The van der Waals surface area contributed by atoms with Crippen LogP contribution in [0.3, 0.4) is 0 Å². The van der Waals surface area contributed by atoms with Crippen LogP contribution < -0.4 is 0 Å². The third-order valence-electron chi connectivity index (χ3n) is 0. The molecule has 0 aromatic carbocycles. The maximum absolute atomic E-state index is 10.4. The van der Waals surface area contributed by atoms with Crippen LogP contribution in [0.15, 0.2) is 0 Å². The zero-order valence-electron chi connectivity index (χ0n) is 2.57. The monoisotopic (exact) mass is 177 g/mol. The Morgan fingerprint density at radius 3 is 0.571 bits per heavy atom. The van der Waals surface area contributed by atoms with Gasteiger partial charge >= 0.3 is 34.8 Å². The summed E-state index contributed by atoms with van der Waals surface area (Å²) in [6.07, 6.45) is 0. The molecule has 0 amide bonds. The molecule has 0 nitrogen and oxygen atoms in total. The molecule has 0 aliphatic rings. The first kappa shape index (κ1) is 7.10. The third-order valence-corrected chi connectivity index (χ3v) is 0. The minimum absolute atomic E-state index is 9.84. The van der Waals surface area contributed by atoms with Gasteiger partial charge in [-0.05, 0) is 0 Å². The van der Waals surface area contributed by atoms with Crippen LogP contribution in [0.2, 0.25) is 0 Å². The van der Waals surface area contributed by atoms with Gasteiger partial charge in [0, 0.05) is 0 Å². The second-order valence-electron chi connectivity index (χ2n) is 0.646. The van der Waals surface area contributed by atoms with Gasteiger partial charge in [0.05, 0.1) is 0 Å². The van der Waals surface area contributed by atoms with E-state index in [1.165, 1.54) is 0 Å². The molecule has 0 aliphatic heterocycles. The predicted molar refractivity (Wildman–Crippen MR) is 6.65 cm³/mol. The maximum atomic E-state index is 9.84. The summed E-state index contributed by atoms with van der Waals surface area (Å²) in [4.78, 5) is 0. The summed E-state index contributed by atoms with van der Waals surface area (Å²) >= 11 is -10.4. The van der Waals surface area contributed by atoms with Gasteiger partial charge in [0.25, 0.3) is 0 Å². The average Bonchev–Trinajstić information content (AvgIpc) is 0.592. The van der Waals surface area contributed by atoms with Gasteiger partial charge in [-0.15, -0.1) is 0 Å². The Morgan fingerprint density at radius 1 is 0.571 bits per heavy atom. The van der Waals surface area contributed by atoms with Gasteiger partial charge in [-0.25, -0.2) is 0 Å². The summed E-state index contributed by atoms with van der Waals surface area (Å²) in [6.45, 7) is 0. The molecule has 0 saturated heterocycles. The van der Waals surface area contributed by atoms with Crippen LogP contribution in [0.4, 0.5) is 21.3 Å². The Kier molecular flexibility index (Phi) is 0.706. The average molecular weight is 178 g/mol. The molecular weight excluding hydrogens is 178 g/mol. The molecule has 0 atom stereocenters. The zero-order valence-corrected chi connectivity index (χ0v) is 3.51. The van der Waals surface area contributed by atoms with E-state index in [1.807, 2.05) is 0 Å². The van der Waals surface area contributed by atoms with E-state index in [4.69, 9.17) is 0 Å². The molecule has 0 fully saturated rings. The normalized spacial score (nSPS) is 23.1. The molecule has 53 valence electrons. The van der Waals surface area contributed by atoms with Crippen LogP contribution in [0.25, 0.3) is 0 Å². The van der Waals surface area contributed by atoms with Crippen LogP contribution in [0.1, 0.15) is 0 Å². The fourth-order valence-electron chi connectivity index (χ4n) is 0. The van der Waals surface area contributed by atoms with Crippen molar-refractivity contribution < 1.29 is 34.8 Å². The Hall–Kier alpha value is 0.0995. The molecule has 0 aromatic rings. The van der Waals surface area contributed by atoms with E-state index in [9.17, 15) is 21.3 Å². The first-order chi connectivity index (χ1) is 2.45. The minimum atomic E-state index is -10.4. The molecule has 0 spiro atoms. The first-order valence-corrected chi connectivity index (χ1v) is 2.82. The molecule has 0 saturated carbocycles. The van der Waals surface area contributed by atoms with Crippen molar-refractivity contribution in [3.8, 4) is 0 Å². The summed E-state index contributed by atoms with van der Waals surface area (Å²) in [7, 11) is 0. The molecule has 0 aromatic heterocycles. The molecule has 0 aliphatic carbocycles. The van der Waals surface area contributed by atoms with Gasteiger partial charge in [-0.2, -0.15) is 0 Å². The molecule has 0 N–H and O–H groups in total.